The molecule has 0 saturated carbocycles. The Balaban J connectivity index is 2.94. The number of nitrogens with one attached hydrogen (secondary N) is 1. The second kappa shape index (κ2) is 6.39. The quantitative estimate of drug-likeness (QED) is 0.795. The normalized spacial score (nSPS) is 15.0. The van der Waals surface area contributed by atoms with Crippen LogP contribution in [0.1, 0.15) is 52.8 Å². The van der Waals surface area contributed by atoms with Gasteiger partial charge in [-0.25, -0.2) is 0 Å². The van der Waals surface area contributed by atoms with Crippen LogP contribution in [-0.2, 0) is 5.60 Å². The van der Waals surface area contributed by atoms with Gasteiger partial charge in [0.15, 0.2) is 5.75 Å². The smallest absolute Gasteiger partial charge is 0.162 e. The number of ether oxygens (including phenoxy) is 1. The molecule has 1 aromatic heterocycles. The van der Waals surface area contributed by atoms with E-state index < -0.39 is 5.60 Å². The molecule has 0 saturated heterocycles. The Bertz CT molecular complexity index is 397. The first-order chi connectivity index (χ1) is 8.79. The van der Waals surface area contributed by atoms with E-state index in [0.29, 0.717) is 18.2 Å². The summed E-state index contributed by atoms with van der Waals surface area (Å²) in [6.07, 6.45) is 2.28. The van der Waals surface area contributed by atoms with Crippen molar-refractivity contribution >= 4 is 0 Å². The number of aromatic nitrogens is 2. The maximum Gasteiger partial charge on any atom is 0.162 e. The van der Waals surface area contributed by atoms with E-state index in [1.54, 1.807) is 13.3 Å². The number of nitrogens with zero attached hydrogens (tertiary/aromatic N) is 2. The molecule has 1 aromatic rings. The highest BCUT2D eigenvalue weighted by Crippen LogP contribution is 2.33. The predicted molar refractivity (Wildman–Crippen MR) is 76.5 cm³/mol. The number of rotatable bonds is 7. The lowest BCUT2D eigenvalue weighted by molar-refractivity contribution is 0.0345. The molecule has 0 spiro atoms. The van der Waals surface area contributed by atoms with E-state index >= 15 is 0 Å². The fourth-order valence-electron chi connectivity index (χ4n) is 2.12. The number of hydrogen-bond acceptors (Lipinski definition) is 4. The van der Waals surface area contributed by atoms with Gasteiger partial charge in [0, 0.05) is 12.1 Å². The molecular formula is C14H27N3O2. The minimum absolute atomic E-state index is 0.184. The zero-order valence-electron chi connectivity index (χ0n) is 12.9. The SMILES string of the molecule is COc1cnn(C(C)C)c1C(C)(O)CCNC(C)C. The standard InChI is InChI=1S/C14H27N3O2/c1-10(2)15-8-7-14(5,18)13-12(19-6)9-16-17(13)11(3)4/h9-11,15,18H,7-8H2,1-6H3. The van der Waals surface area contributed by atoms with Crippen molar-refractivity contribution in [2.45, 2.75) is 58.7 Å². The van der Waals surface area contributed by atoms with Gasteiger partial charge < -0.3 is 15.2 Å². The van der Waals surface area contributed by atoms with Crippen LogP contribution in [0.5, 0.6) is 5.75 Å². The van der Waals surface area contributed by atoms with E-state index in [4.69, 9.17) is 4.74 Å². The molecule has 0 aliphatic carbocycles. The van der Waals surface area contributed by atoms with Crippen molar-refractivity contribution in [3.05, 3.63) is 11.9 Å². The second-order valence-corrected chi connectivity index (χ2v) is 5.73. The molecule has 0 radical (unpaired) electrons. The van der Waals surface area contributed by atoms with Crippen molar-refractivity contribution in [1.82, 2.24) is 15.1 Å². The fourth-order valence-corrected chi connectivity index (χ4v) is 2.12. The molecule has 0 amide bonds. The minimum Gasteiger partial charge on any atom is -0.493 e. The van der Waals surface area contributed by atoms with Gasteiger partial charge in [-0.15, -0.1) is 0 Å². The lowest BCUT2D eigenvalue weighted by atomic mass is 9.96. The van der Waals surface area contributed by atoms with E-state index in [1.807, 2.05) is 25.5 Å². The molecule has 1 heterocycles. The Morgan fingerprint density at radius 2 is 2.05 bits per heavy atom. The molecule has 0 bridgehead atoms. The van der Waals surface area contributed by atoms with Crippen molar-refractivity contribution in [3.63, 3.8) is 0 Å². The molecule has 19 heavy (non-hydrogen) atoms. The van der Waals surface area contributed by atoms with Gasteiger partial charge in [-0.05, 0) is 33.7 Å². The van der Waals surface area contributed by atoms with Crippen molar-refractivity contribution in [1.29, 1.82) is 0 Å². The first-order valence-electron chi connectivity index (χ1n) is 6.87. The van der Waals surface area contributed by atoms with Crippen molar-refractivity contribution < 1.29 is 9.84 Å². The zero-order chi connectivity index (χ0) is 14.6. The van der Waals surface area contributed by atoms with Crippen LogP contribution in [0.25, 0.3) is 0 Å². The molecule has 0 aromatic carbocycles. The molecule has 0 fully saturated rings. The Labute approximate surface area is 116 Å². The highest BCUT2D eigenvalue weighted by Gasteiger charge is 2.32. The van der Waals surface area contributed by atoms with Gasteiger partial charge in [0.1, 0.15) is 11.3 Å². The van der Waals surface area contributed by atoms with E-state index in [-0.39, 0.29) is 6.04 Å². The summed E-state index contributed by atoms with van der Waals surface area (Å²) in [6, 6.07) is 0.594. The third kappa shape index (κ3) is 3.94. The lowest BCUT2D eigenvalue weighted by Gasteiger charge is -2.27. The molecule has 0 aliphatic heterocycles. The summed E-state index contributed by atoms with van der Waals surface area (Å²) >= 11 is 0. The molecule has 1 atom stereocenters. The highest BCUT2D eigenvalue weighted by molar-refractivity contribution is 5.30. The van der Waals surface area contributed by atoms with Crippen LogP contribution in [0.3, 0.4) is 0 Å². The summed E-state index contributed by atoms with van der Waals surface area (Å²) in [6.45, 7) is 10.8. The van der Waals surface area contributed by atoms with E-state index in [1.165, 1.54) is 0 Å². The van der Waals surface area contributed by atoms with Crippen LogP contribution < -0.4 is 10.1 Å². The average Bonchev–Trinajstić information content (AvgIpc) is 2.72. The second-order valence-electron chi connectivity index (χ2n) is 5.73. The van der Waals surface area contributed by atoms with Gasteiger partial charge in [-0.3, -0.25) is 4.68 Å². The van der Waals surface area contributed by atoms with Crippen LogP contribution >= 0.6 is 0 Å². The van der Waals surface area contributed by atoms with Crippen LogP contribution in [0.4, 0.5) is 0 Å². The Kier molecular flexibility index (Phi) is 5.38. The number of methoxy groups -OCH3 is 1. The van der Waals surface area contributed by atoms with E-state index in [2.05, 4.69) is 24.3 Å². The minimum atomic E-state index is -0.964. The van der Waals surface area contributed by atoms with Crippen molar-refractivity contribution in [3.8, 4) is 5.75 Å². The fraction of sp³-hybridized carbons (Fsp3) is 0.786. The maximum absolute atomic E-state index is 10.7. The van der Waals surface area contributed by atoms with Crippen molar-refractivity contribution in [2.24, 2.45) is 0 Å². The summed E-state index contributed by atoms with van der Waals surface area (Å²) in [7, 11) is 1.60. The average molecular weight is 269 g/mol. The summed E-state index contributed by atoms with van der Waals surface area (Å²) in [5.74, 6) is 0.642. The molecule has 2 N–H and O–H groups in total. The van der Waals surface area contributed by atoms with Crippen molar-refractivity contribution in [2.75, 3.05) is 13.7 Å². The third-order valence-corrected chi connectivity index (χ3v) is 3.15. The molecule has 110 valence electrons. The maximum atomic E-state index is 10.7. The summed E-state index contributed by atoms with van der Waals surface area (Å²) in [4.78, 5) is 0. The molecule has 5 heteroatoms. The molecule has 1 unspecified atom stereocenters. The van der Waals surface area contributed by atoms with Crippen LogP contribution in [0.15, 0.2) is 6.20 Å². The van der Waals surface area contributed by atoms with Crippen LogP contribution in [-0.4, -0.2) is 34.6 Å². The van der Waals surface area contributed by atoms with Gasteiger partial charge in [0.05, 0.1) is 13.3 Å². The van der Waals surface area contributed by atoms with Gasteiger partial charge in [-0.2, -0.15) is 5.10 Å². The number of hydrogen-bond donors (Lipinski definition) is 2. The van der Waals surface area contributed by atoms with E-state index in [0.717, 1.165) is 12.2 Å². The summed E-state index contributed by atoms with van der Waals surface area (Å²) in [5, 5.41) is 18.4. The van der Waals surface area contributed by atoms with E-state index in [9.17, 15) is 5.11 Å². The van der Waals surface area contributed by atoms with Gasteiger partial charge in [0.2, 0.25) is 0 Å². The largest absolute Gasteiger partial charge is 0.493 e. The zero-order valence-corrected chi connectivity index (χ0v) is 12.9. The first kappa shape index (κ1) is 16.0. The third-order valence-electron chi connectivity index (χ3n) is 3.15. The lowest BCUT2D eigenvalue weighted by Crippen LogP contribution is -2.33. The Hall–Kier alpha value is -1.07. The topological polar surface area (TPSA) is 59.3 Å². The molecule has 1 rings (SSSR count). The monoisotopic (exact) mass is 269 g/mol. The van der Waals surface area contributed by atoms with Crippen LogP contribution in [0.2, 0.25) is 0 Å². The first-order valence-corrected chi connectivity index (χ1v) is 6.87. The van der Waals surface area contributed by atoms with Gasteiger partial charge in [0.25, 0.3) is 0 Å². The molecule has 5 nitrogen and oxygen atoms in total. The summed E-state index contributed by atoms with van der Waals surface area (Å²) < 4.78 is 7.15. The molecular weight excluding hydrogens is 242 g/mol. The van der Waals surface area contributed by atoms with Crippen LogP contribution in [0, 0.1) is 0 Å². The highest BCUT2D eigenvalue weighted by atomic mass is 16.5. The Morgan fingerprint density at radius 1 is 1.42 bits per heavy atom. The Morgan fingerprint density at radius 3 is 2.53 bits per heavy atom. The molecule has 0 aliphatic rings. The van der Waals surface area contributed by atoms with Gasteiger partial charge >= 0.3 is 0 Å². The number of aliphatic hydroxyl groups is 1. The van der Waals surface area contributed by atoms with Gasteiger partial charge in [-0.1, -0.05) is 13.8 Å². The summed E-state index contributed by atoms with van der Waals surface area (Å²) in [5.41, 5.74) is -0.218. The predicted octanol–water partition coefficient (Wildman–Crippen LogP) is 2.07.